The van der Waals surface area contributed by atoms with E-state index in [0.29, 0.717) is 11.5 Å². The maximum atomic E-state index is 11.6. The van der Waals surface area contributed by atoms with Crippen molar-refractivity contribution in [2.24, 2.45) is 0 Å². The first-order chi connectivity index (χ1) is 10.8. The van der Waals surface area contributed by atoms with Gasteiger partial charge in [0.15, 0.2) is 0 Å². The maximum Gasteiger partial charge on any atom is 0.374 e. The zero-order chi connectivity index (χ0) is 15.4. The highest BCUT2D eigenvalue weighted by Crippen LogP contribution is 2.26. The molecule has 0 saturated heterocycles. The van der Waals surface area contributed by atoms with E-state index in [1.54, 1.807) is 11.8 Å². The van der Waals surface area contributed by atoms with Crippen molar-refractivity contribution in [2.75, 3.05) is 7.11 Å². The highest BCUT2D eigenvalue weighted by molar-refractivity contribution is 7.97. The first kappa shape index (κ1) is 14.7. The number of thioether (sulfide) groups is 1. The van der Waals surface area contributed by atoms with Crippen LogP contribution in [0.3, 0.4) is 0 Å². The van der Waals surface area contributed by atoms with Gasteiger partial charge in [-0.3, -0.25) is 0 Å². The van der Waals surface area contributed by atoms with Crippen LogP contribution in [0, 0.1) is 0 Å². The molecule has 1 aromatic heterocycles. The van der Waals surface area contributed by atoms with Crippen molar-refractivity contribution in [3.63, 3.8) is 0 Å². The van der Waals surface area contributed by atoms with Crippen molar-refractivity contribution in [3.05, 3.63) is 71.7 Å². The number of furan rings is 1. The number of ether oxygens (including phenoxy) is 1. The molecule has 0 radical (unpaired) electrons. The van der Waals surface area contributed by atoms with Crippen LogP contribution < -0.4 is 0 Å². The first-order valence-corrected chi connectivity index (χ1v) is 8.14. The molecule has 0 aliphatic rings. The molecule has 0 aliphatic heterocycles. The molecule has 22 heavy (non-hydrogen) atoms. The van der Waals surface area contributed by atoms with E-state index < -0.39 is 5.97 Å². The Hall–Kier alpha value is -2.20. The standard InChI is InChI=1S/C18H16O3S/c1-20-18(19)17-15(9-10-21-17)12-22-11-14-7-4-6-13-5-2-3-8-16(13)14/h2-10H,11-12H2,1H3. The Morgan fingerprint density at radius 1 is 1.05 bits per heavy atom. The molecule has 3 nitrogen and oxygen atoms in total. The SMILES string of the molecule is COC(=O)c1occc1CSCc1cccc2ccccc12. The van der Waals surface area contributed by atoms with E-state index in [1.807, 2.05) is 12.1 Å². The van der Waals surface area contributed by atoms with Crippen LogP contribution in [-0.4, -0.2) is 13.1 Å². The summed E-state index contributed by atoms with van der Waals surface area (Å²) in [5.41, 5.74) is 2.17. The fourth-order valence-corrected chi connectivity index (χ4v) is 3.43. The summed E-state index contributed by atoms with van der Waals surface area (Å²) in [7, 11) is 1.36. The largest absolute Gasteiger partial charge is 0.463 e. The summed E-state index contributed by atoms with van der Waals surface area (Å²) < 4.78 is 9.92. The van der Waals surface area contributed by atoms with Crippen LogP contribution in [0.2, 0.25) is 0 Å². The highest BCUT2D eigenvalue weighted by atomic mass is 32.2. The predicted molar refractivity (Wildman–Crippen MR) is 89.0 cm³/mol. The minimum absolute atomic E-state index is 0.299. The van der Waals surface area contributed by atoms with E-state index in [-0.39, 0.29) is 0 Å². The Balaban J connectivity index is 1.71. The third-order valence-electron chi connectivity index (χ3n) is 3.51. The normalized spacial score (nSPS) is 10.8. The highest BCUT2D eigenvalue weighted by Gasteiger charge is 2.15. The quantitative estimate of drug-likeness (QED) is 0.643. The van der Waals surface area contributed by atoms with Crippen LogP contribution in [-0.2, 0) is 16.2 Å². The first-order valence-electron chi connectivity index (χ1n) is 6.98. The Morgan fingerprint density at radius 3 is 2.68 bits per heavy atom. The molecule has 0 atom stereocenters. The lowest BCUT2D eigenvalue weighted by Crippen LogP contribution is -2.02. The summed E-state index contributed by atoms with van der Waals surface area (Å²) in [4.78, 5) is 11.6. The van der Waals surface area contributed by atoms with Gasteiger partial charge < -0.3 is 9.15 Å². The fraction of sp³-hybridized carbons (Fsp3) is 0.167. The second-order valence-electron chi connectivity index (χ2n) is 4.90. The van der Waals surface area contributed by atoms with Crippen molar-refractivity contribution >= 4 is 28.5 Å². The molecule has 0 aliphatic carbocycles. The van der Waals surface area contributed by atoms with Crippen LogP contribution in [0.1, 0.15) is 21.7 Å². The summed E-state index contributed by atoms with van der Waals surface area (Å²) in [6.07, 6.45) is 1.53. The number of benzene rings is 2. The van der Waals surface area contributed by atoms with Crippen LogP contribution in [0.25, 0.3) is 10.8 Å². The minimum Gasteiger partial charge on any atom is -0.463 e. The molecule has 0 N–H and O–H groups in total. The smallest absolute Gasteiger partial charge is 0.374 e. The molecule has 3 aromatic rings. The van der Waals surface area contributed by atoms with Crippen molar-refractivity contribution in [3.8, 4) is 0 Å². The van der Waals surface area contributed by atoms with Crippen molar-refractivity contribution < 1.29 is 13.9 Å². The second kappa shape index (κ2) is 6.71. The van der Waals surface area contributed by atoms with Crippen molar-refractivity contribution in [1.82, 2.24) is 0 Å². The average Bonchev–Trinajstić information content (AvgIpc) is 3.03. The monoisotopic (exact) mass is 312 g/mol. The molecule has 1 heterocycles. The van der Waals surface area contributed by atoms with Gasteiger partial charge in [-0.1, -0.05) is 42.5 Å². The van der Waals surface area contributed by atoms with Crippen molar-refractivity contribution in [2.45, 2.75) is 11.5 Å². The van der Waals surface area contributed by atoms with Gasteiger partial charge in [0.2, 0.25) is 5.76 Å². The number of carbonyl (C=O) groups excluding carboxylic acids is 1. The lowest BCUT2D eigenvalue weighted by molar-refractivity contribution is 0.0564. The van der Waals surface area contributed by atoms with Gasteiger partial charge in [0.05, 0.1) is 13.4 Å². The summed E-state index contributed by atoms with van der Waals surface area (Å²) in [6, 6.07) is 16.5. The Morgan fingerprint density at radius 2 is 1.82 bits per heavy atom. The number of rotatable bonds is 5. The Bertz CT molecular complexity index is 786. The van der Waals surface area contributed by atoms with Gasteiger partial charge in [-0.25, -0.2) is 4.79 Å². The third kappa shape index (κ3) is 3.02. The van der Waals surface area contributed by atoms with E-state index >= 15 is 0 Å². The minimum atomic E-state index is -0.425. The van der Waals surface area contributed by atoms with E-state index in [0.717, 1.165) is 11.3 Å². The number of hydrogen-bond donors (Lipinski definition) is 0. The number of esters is 1. The molecule has 2 aromatic carbocycles. The Kier molecular flexibility index (Phi) is 4.49. The van der Waals surface area contributed by atoms with Crippen LogP contribution >= 0.6 is 11.8 Å². The van der Waals surface area contributed by atoms with Gasteiger partial charge in [0.1, 0.15) is 0 Å². The number of carbonyl (C=O) groups is 1. The van der Waals surface area contributed by atoms with E-state index in [1.165, 1.54) is 29.7 Å². The molecule has 0 bridgehead atoms. The van der Waals surface area contributed by atoms with Gasteiger partial charge in [-0.15, -0.1) is 0 Å². The van der Waals surface area contributed by atoms with Gasteiger partial charge in [0.25, 0.3) is 0 Å². The summed E-state index contributed by atoms with van der Waals surface area (Å²) in [5, 5.41) is 2.53. The average molecular weight is 312 g/mol. The molecule has 4 heteroatoms. The summed E-state index contributed by atoms with van der Waals surface area (Å²) in [6.45, 7) is 0. The lowest BCUT2D eigenvalue weighted by Gasteiger charge is -2.06. The molecule has 0 fully saturated rings. The maximum absolute atomic E-state index is 11.6. The van der Waals surface area contributed by atoms with Gasteiger partial charge in [0, 0.05) is 17.1 Å². The predicted octanol–water partition coefficient (Wildman–Crippen LogP) is 4.65. The summed E-state index contributed by atoms with van der Waals surface area (Å²) >= 11 is 1.75. The zero-order valence-corrected chi connectivity index (χ0v) is 13.1. The van der Waals surface area contributed by atoms with E-state index in [9.17, 15) is 4.79 Å². The van der Waals surface area contributed by atoms with Gasteiger partial charge >= 0.3 is 5.97 Å². The van der Waals surface area contributed by atoms with Gasteiger partial charge in [-0.2, -0.15) is 11.8 Å². The fourth-order valence-electron chi connectivity index (χ4n) is 2.41. The van der Waals surface area contributed by atoms with Crippen molar-refractivity contribution in [1.29, 1.82) is 0 Å². The van der Waals surface area contributed by atoms with Crippen LogP contribution in [0.4, 0.5) is 0 Å². The Labute approximate surface area is 133 Å². The zero-order valence-electron chi connectivity index (χ0n) is 12.2. The molecule has 0 amide bonds. The molecular formula is C18H16O3S. The third-order valence-corrected chi connectivity index (χ3v) is 4.54. The second-order valence-corrected chi connectivity index (χ2v) is 5.88. The summed E-state index contributed by atoms with van der Waals surface area (Å²) in [5.74, 6) is 1.47. The van der Waals surface area contributed by atoms with Crippen LogP contribution in [0.5, 0.6) is 0 Å². The molecule has 3 rings (SSSR count). The number of fused-ring (bicyclic) bond motifs is 1. The van der Waals surface area contributed by atoms with Crippen LogP contribution in [0.15, 0.2) is 59.2 Å². The molecule has 0 spiro atoms. The van der Waals surface area contributed by atoms with Gasteiger partial charge in [-0.05, 0) is 22.4 Å². The molecule has 0 unspecified atom stereocenters. The number of hydrogen-bond acceptors (Lipinski definition) is 4. The molecule has 0 saturated carbocycles. The van der Waals surface area contributed by atoms with E-state index in [4.69, 9.17) is 9.15 Å². The van der Waals surface area contributed by atoms with E-state index in [2.05, 4.69) is 36.4 Å². The molecular weight excluding hydrogens is 296 g/mol. The topological polar surface area (TPSA) is 39.4 Å². The molecule has 112 valence electrons. The number of methoxy groups -OCH3 is 1. The lowest BCUT2D eigenvalue weighted by atomic mass is 10.1.